The number of imide groups is 1. The van der Waals surface area contributed by atoms with Gasteiger partial charge in [-0.1, -0.05) is 13.8 Å². The van der Waals surface area contributed by atoms with Crippen LogP contribution in [0.2, 0.25) is 0 Å². The Hall–Kier alpha value is -1.39. The molecule has 2 fully saturated rings. The topological polar surface area (TPSA) is 74.7 Å². The number of carbonyl (C=O) groups is 3. The molecule has 1 aliphatic heterocycles. The molecule has 0 aromatic heterocycles. The minimum atomic E-state index is -0.849. The van der Waals surface area contributed by atoms with Gasteiger partial charge in [-0.25, -0.2) is 0 Å². The van der Waals surface area contributed by atoms with Crippen LogP contribution in [0.3, 0.4) is 0 Å². The zero-order chi connectivity index (χ0) is 15.7. The quantitative estimate of drug-likeness (QED) is 0.800. The van der Waals surface area contributed by atoms with E-state index in [0.29, 0.717) is 0 Å². The van der Waals surface area contributed by atoms with E-state index >= 15 is 0 Å². The smallest absolute Gasteiger partial charge is 0.307 e. The zero-order valence-electron chi connectivity index (χ0n) is 13.0. The van der Waals surface area contributed by atoms with Gasteiger partial charge in [0.05, 0.1) is 16.7 Å². The van der Waals surface area contributed by atoms with Crippen LogP contribution in [0.5, 0.6) is 0 Å². The van der Waals surface area contributed by atoms with Gasteiger partial charge in [0, 0.05) is 6.54 Å². The van der Waals surface area contributed by atoms with Crippen LogP contribution >= 0.6 is 0 Å². The monoisotopic (exact) mass is 281 g/mol. The molecule has 0 bridgehead atoms. The Labute approximate surface area is 119 Å². The van der Waals surface area contributed by atoms with Crippen LogP contribution in [0.4, 0.5) is 0 Å². The third kappa shape index (κ3) is 1.64. The minimum absolute atomic E-state index is 0.155. The molecule has 112 valence electrons. The third-order valence-electron chi connectivity index (χ3n) is 5.82. The average Bonchev–Trinajstić information content (AvgIpc) is 2.81. The zero-order valence-corrected chi connectivity index (χ0v) is 13.0. The highest BCUT2D eigenvalue weighted by Gasteiger charge is 2.66. The molecule has 5 nitrogen and oxygen atoms in total. The van der Waals surface area contributed by atoms with E-state index in [1.165, 1.54) is 4.90 Å². The Morgan fingerprint density at radius 1 is 1.05 bits per heavy atom. The largest absolute Gasteiger partial charge is 0.481 e. The summed E-state index contributed by atoms with van der Waals surface area (Å²) in [5, 5.41) is 9.18. The summed E-state index contributed by atoms with van der Waals surface area (Å²) in [6.07, 6.45) is 0. The van der Waals surface area contributed by atoms with Crippen molar-refractivity contribution in [3.05, 3.63) is 0 Å². The maximum atomic E-state index is 12.5. The predicted molar refractivity (Wildman–Crippen MR) is 72.7 cm³/mol. The molecule has 0 aromatic rings. The Morgan fingerprint density at radius 2 is 1.45 bits per heavy atom. The van der Waals surface area contributed by atoms with E-state index in [-0.39, 0.29) is 29.7 Å². The summed E-state index contributed by atoms with van der Waals surface area (Å²) in [7, 11) is 0. The Bertz CT molecular complexity index is 478. The second-order valence-electron chi connectivity index (χ2n) is 7.71. The normalized spacial score (nSPS) is 33.4. The number of amides is 2. The molecule has 2 aliphatic rings. The van der Waals surface area contributed by atoms with Crippen molar-refractivity contribution in [3.8, 4) is 0 Å². The van der Waals surface area contributed by atoms with E-state index in [9.17, 15) is 19.5 Å². The van der Waals surface area contributed by atoms with Gasteiger partial charge in [-0.3, -0.25) is 19.3 Å². The summed E-state index contributed by atoms with van der Waals surface area (Å²) < 4.78 is 0. The van der Waals surface area contributed by atoms with Gasteiger partial charge in [0.2, 0.25) is 11.8 Å². The van der Waals surface area contributed by atoms with Crippen LogP contribution < -0.4 is 0 Å². The first-order valence-corrected chi connectivity index (χ1v) is 6.96. The lowest BCUT2D eigenvalue weighted by atomic mass is 9.70. The van der Waals surface area contributed by atoms with E-state index in [1.54, 1.807) is 27.7 Å². The molecule has 0 aromatic carbocycles. The summed E-state index contributed by atoms with van der Waals surface area (Å²) in [5.41, 5.74) is -1.85. The van der Waals surface area contributed by atoms with E-state index in [0.717, 1.165) is 0 Å². The summed E-state index contributed by atoms with van der Waals surface area (Å²) in [6.45, 7) is 11.1. The van der Waals surface area contributed by atoms with Crippen molar-refractivity contribution < 1.29 is 19.5 Å². The summed E-state index contributed by atoms with van der Waals surface area (Å²) >= 11 is 0. The van der Waals surface area contributed by atoms with Crippen molar-refractivity contribution in [1.29, 1.82) is 0 Å². The number of carbonyl (C=O) groups excluding carboxylic acids is 2. The first-order chi connectivity index (χ1) is 8.86. The molecule has 2 rings (SSSR count). The van der Waals surface area contributed by atoms with Crippen molar-refractivity contribution in [2.45, 2.75) is 41.5 Å². The standard InChI is InChI=1S/C15H23NO4/c1-13(2)8(9(13)10(17)18)7-16-11(19)14(3,4)15(5,6)12(16)20/h8-9H,7H2,1-6H3,(H,17,18). The van der Waals surface area contributed by atoms with Crippen molar-refractivity contribution in [3.63, 3.8) is 0 Å². The van der Waals surface area contributed by atoms with E-state index in [4.69, 9.17) is 0 Å². The molecule has 20 heavy (non-hydrogen) atoms. The molecule has 1 N–H and O–H groups in total. The molecule has 0 radical (unpaired) electrons. The van der Waals surface area contributed by atoms with Crippen LogP contribution in [0.1, 0.15) is 41.5 Å². The van der Waals surface area contributed by atoms with Crippen molar-refractivity contribution >= 4 is 17.8 Å². The molecule has 1 aliphatic carbocycles. The number of nitrogens with zero attached hydrogens (tertiary/aromatic N) is 1. The Balaban J connectivity index is 2.23. The maximum Gasteiger partial charge on any atom is 0.307 e. The van der Waals surface area contributed by atoms with Crippen LogP contribution in [-0.4, -0.2) is 34.3 Å². The third-order valence-corrected chi connectivity index (χ3v) is 5.82. The fourth-order valence-corrected chi connectivity index (χ4v) is 3.24. The predicted octanol–water partition coefficient (Wildman–Crippen LogP) is 1.76. The van der Waals surface area contributed by atoms with Gasteiger partial charge in [0.1, 0.15) is 0 Å². The molecule has 2 atom stereocenters. The Kier molecular flexibility index (Phi) is 2.87. The number of rotatable bonds is 3. The highest BCUT2D eigenvalue weighted by atomic mass is 16.4. The lowest BCUT2D eigenvalue weighted by molar-refractivity contribution is -0.143. The number of hydrogen-bond donors (Lipinski definition) is 1. The first kappa shape index (κ1) is 15.0. The van der Waals surface area contributed by atoms with Crippen LogP contribution in [0, 0.1) is 28.1 Å². The highest BCUT2D eigenvalue weighted by Crippen LogP contribution is 2.59. The van der Waals surface area contributed by atoms with Crippen molar-refractivity contribution in [2.24, 2.45) is 28.1 Å². The van der Waals surface area contributed by atoms with E-state index < -0.39 is 22.7 Å². The van der Waals surface area contributed by atoms with Crippen LogP contribution in [0.15, 0.2) is 0 Å². The molecule has 2 amide bonds. The van der Waals surface area contributed by atoms with E-state index in [2.05, 4.69) is 0 Å². The molecule has 2 unspecified atom stereocenters. The molecular weight excluding hydrogens is 258 g/mol. The minimum Gasteiger partial charge on any atom is -0.481 e. The summed E-state index contributed by atoms with van der Waals surface area (Å²) in [6, 6.07) is 0. The molecule has 1 saturated carbocycles. The summed E-state index contributed by atoms with van der Waals surface area (Å²) in [5.74, 6) is -1.87. The average molecular weight is 281 g/mol. The van der Waals surface area contributed by atoms with Gasteiger partial charge in [-0.05, 0) is 39.0 Å². The van der Waals surface area contributed by atoms with Crippen molar-refractivity contribution in [2.75, 3.05) is 6.54 Å². The molecule has 1 saturated heterocycles. The Morgan fingerprint density at radius 3 is 1.75 bits per heavy atom. The van der Waals surface area contributed by atoms with Crippen molar-refractivity contribution in [1.82, 2.24) is 4.90 Å². The fraction of sp³-hybridized carbons (Fsp3) is 0.800. The number of hydrogen-bond acceptors (Lipinski definition) is 3. The van der Waals surface area contributed by atoms with Gasteiger partial charge in [0.15, 0.2) is 0 Å². The second kappa shape index (κ2) is 3.83. The lowest BCUT2D eigenvalue weighted by Gasteiger charge is -2.28. The number of carboxylic acids is 1. The molecule has 1 heterocycles. The summed E-state index contributed by atoms with van der Waals surface area (Å²) in [4.78, 5) is 37.4. The van der Waals surface area contributed by atoms with Gasteiger partial charge < -0.3 is 5.11 Å². The highest BCUT2D eigenvalue weighted by molar-refractivity contribution is 6.09. The number of likely N-dealkylation sites (tertiary alicyclic amines) is 1. The van der Waals surface area contributed by atoms with Crippen LogP contribution in [-0.2, 0) is 14.4 Å². The van der Waals surface area contributed by atoms with Gasteiger partial charge in [0.25, 0.3) is 0 Å². The fourth-order valence-electron chi connectivity index (χ4n) is 3.24. The molecular formula is C15H23NO4. The molecule has 0 spiro atoms. The maximum absolute atomic E-state index is 12.5. The first-order valence-electron chi connectivity index (χ1n) is 6.96. The SMILES string of the molecule is CC1(C)C(CN2C(=O)C(C)(C)C(C)(C)C2=O)C1C(=O)O. The van der Waals surface area contributed by atoms with Gasteiger partial charge in [-0.15, -0.1) is 0 Å². The number of aliphatic carboxylic acids is 1. The van der Waals surface area contributed by atoms with Crippen LogP contribution in [0.25, 0.3) is 0 Å². The van der Waals surface area contributed by atoms with Gasteiger partial charge in [-0.2, -0.15) is 0 Å². The number of carboxylic acid groups (broad SMARTS) is 1. The van der Waals surface area contributed by atoms with Gasteiger partial charge >= 0.3 is 5.97 Å². The lowest BCUT2D eigenvalue weighted by Crippen LogP contribution is -2.35. The molecule has 5 heteroatoms. The second-order valence-corrected chi connectivity index (χ2v) is 7.71. The van der Waals surface area contributed by atoms with E-state index in [1.807, 2.05) is 13.8 Å².